The van der Waals surface area contributed by atoms with Crippen LogP contribution in [0.4, 0.5) is 0 Å². The van der Waals surface area contributed by atoms with E-state index < -0.39 is 0 Å². The number of rotatable bonds is 3. The molecule has 2 heteroatoms. The first kappa shape index (κ1) is 7.76. The molecule has 2 nitrogen and oxygen atoms in total. The van der Waals surface area contributed by atoms with Gasteiger partial charge < -0.3 is 10.4 Å². The zero-order chi connectivity index (χ0) is 7.40. The van der Waals surface area contributed by atoms with Gasteiger partial charge in [0.1, 0.15) is 0 Å². The molecule has 1 heterocycles. The van der Waals surface area contributed by atoms with Crippen LogP contribution in [0, 0.1) is 0 Å². The quantitative estimate of drug-likeness (QED) is 0.566. The van der Waals surface area contributed by atoms with Gasteiger partial charge in [0.05, 0.1) is 6.10 Å². The summed E-state index contributed by atoms with van der Waals surface area (Å²) in [6, 6.07) is 0.318. The van der Waals surface area contributed by atoms with Crippen LogP contribution in [0.5, 0.6) is 0 Å². The fourth-order valence-electron chi connectivity index (χ4n) is 1.37. The Morgan fingerprint density at radius 3 is 3.10 bits per heavy atom. The summed E-state index contributed by atoms with van der Waals surface area (Å²) < 4.78 is 0. The molecular formula is C8H15NO. The van der Waals surface area contributed by atoms with Crippen LogP contribution < -0.4 is 5.32 Å². The fraction of sp³-hybridized carbons (Fsp3) is 0.750. The number of nitrogens with one attached hydrogen (secondary N) is 1. The molecule has 0 aliphatic carbocycles. The molecule has 2 atom stereocenters. The second-order valence-electron chi connectivity index (χ2n) is 2.79. The number of aliphatic hydroxyl groups is 1. The highest BCUT2D eigenvalue weighted by Gasteiger charge is 2.20. The van der Waals surface area contributed by atoms with Crippen LogP contribution in [0.25, 0.3) is 0 Å². The highest BCUT2D eigenvalue weighted by Crippen LogP contribution is 2.11. The van der Waals surface area contributed by atoms with E-state index in [1.54, 1.807) is 6.08 Å². The first-order valence-electron chi connectivity index (χ1n) is 3.87. The standard InChI is InChI=1S/C8H15NO/c1-2-4-8(10)7-5-3-6-9-7/h2,7-10H,1,3-6H2/t7?,8-/m0/s1. The van der Waals surface area contributed by atoms with E-state index in [0.29, 0.717) is 12.5 Å². The summed E-state index contributed by atoms with van der Waals surface area (Å²) in [5.41, 5.74) is 0. The molecule has 0 amide bonds. The SMILES string of the molecule is C=CC[C@H](O)C1CCCN1. The normalized spacial score (nSPS) is 28.3. The summed E-state index contributed by atoms with van der Waals surface area (Å²) in [6.07, 6.45) is 4.55. The van der Waals surface area contributed by atoms with Gasteiger partial charge in [-0.2, -0.15) is 0 Å². The predicted octanol–water partition coefficient (Wildman–Crippen LogP) is 0.675. The van der Waals surface area contributed by atoms with Crippen molar-refractivity contribution in [3.05, 3.63) is 12.7 Å². The molecule has 1 rings (SSSR count). The summed E-state index contributed by atoms with van der Waals surface area (Å²) in [7, 11) is 0. The third-order valence-electron chi connectivity index (χ3n) is 1.97. The van der Waals surface area contributed by atoms with Gasteiger partial charge in [-0.25, -0.2) is 0 Å². The van der Waals surface area contributed by atoms with Crippen LogP contribution >= 0.6 is 0 Å². The molecule has 0 radical (unpaired) electrons. The van der Waals surface area contributed by atoms with Gasteiger partial charge in [-0.3, -0.25) is 0 Å². The Morgan fingerprint density at radius 2 is 2.60 bits per heavy atom. The van der Waals surface area contributed by atoms with Gasteiger partial charge in [0.25, 0.3) is 0 Å². The molecule has 0 aromatic heterocycles. The van der Waals surface area contributed by atoms with Crippen molar-refractivity contribution in [3.63, 3.8) is 0 Å². The van der Waals surface area contributed by atoms with Crippen LogP contribution in [-0.2, 0) is 0 Å². The minimum atomic E-state index is -0.222. The summed E-state index contributed by atoms with van der Waals surface area (Å²) >= 11 is 0. The molecule has 1 unspecified atom stereocenters. The molecule has 58 valence electrons. The van der Waals surface area contributed by atoms with Crippen molar-refractivity contribution in [2.45, 2.75) is 31.4 Å². The van der Waals surface area contributed by atoms with E-state index in [2.05, 4.69) is 11.9 Å². The van der Waals surface area contributed by atoms with Crippen molar-refractivity contribution in [1.29, 1.82) is 0 Å². The maximum atomic E-state index is 9.42. The maximum absolute atomic E-state index is 9.42. The molecule has 0 saturated carbocycles. The van der Waals surface area contributed by atoms with Crippen molar-refractivity contribution in [2.24, 2.45) is 0 Å². The van der Waals surface area contributed by atoms with Crippen molar-refractivity contribution in [3.8, 4) is 0 Å². The van der Waals surface area contributed by atoms with Crippen LogP contribution in [0.2, 0.25) is 0 Å². The molecule has 1 saturated heterocycles. The van der Waals surface area contributed by atoms with E-state index in [1.807, 2.05) is 0 Å². The van der Waals surface area contributed by atoms with Crippen LogP contribution in [-0.4, -0.2) is 23.8 Å². The Balaban J connectivity index is 2.24. The minimum absolute atomic E-state index is 0.222. The molecule has 1 aliphatic rings. The summed E-state index contributed by atoms with van der Waals surface area (Å²) in [6.45, 7) is 4.64. The molecule has 0 spiro atoms. The van der Waals surface area contributed by atoms with Gasteiger partial charge >= 0.3 is 0 Å². The van der Waals surface area contributed by atoms with E-state index in [1.165, 1.54) is 6.42 Å². The highest BCUT2D eigenvalue weighted by molar-refractivity contribution is 4.85. The first-order valence-corrected chi connectivity index (χ1v) is 3.87. The second kappa shape index (κ2) is 3.74. The third kappa shape index (κ3) is 1.82. The minimum Gasteiger partial charge on any atom is -0.391 e. The molecule has 0 bridgehead atoms. The Labute approximate surface area is 61.9 Å². The summed E-state index contributed by atoms with van der Waals surface area (Å²) in [4.78, 5) is 0. The van der Waals surface area contributed by atoms with E-state index in [4.69, 9.17) is 0 Å². The largest absolute Gasteiger partial charge is 0.391 e. The zero-order valence-corrected chi connectivity index (χ0v) is 6.21. The molecular weight excluding hydrogens is 126 g/mol. The van der Waals surface area contributed by atoms with Crippen LogP contribution in [0.3, 0.4) is 0 Å². The van der Waals surface area contributed by atoms with Crippen molar-refractivity contribution in [1.82, 2.24) is 5.32 Å². The lowest BCUT2D eigenvalue weighted by atomic mass is 10.1. The van der Waals surface area contributed by atoms with Gasteiger partial charge in [-0.15, -0.1) is 6.58 Å². The van der Waals surface area contributed by atoms with Gasteiger partial charge in [-0.1, -0.05) is 6.08 Å². The molecule has 1 fully saturated rings. The van der Waals surface area contributed by atoms with Gasteiger partial charge in [-0.05, 0) is 25.8 Å². The van der Waals surface area contributed by atoms with Crippen LogP contribution in [0.1, 0.15) is 19.3 Å². The van der Waals surface area contributed by atoms with Gasteiger partial charge in [0.15, 0.2) is 0 Å². The molecule has 1 aliphatic heterocycles. The number of aliphatic hydroxyl groups excluding tert-OH is 1. The average Bonchev–Trinajstić information content (AvgIpc) is 2.38. The Hall–Kier alpha value is -0.340. The molecule has 0 aromatic rings. The number of hydrogen-bond donors (Lipinski definition) is 2. The Kier molecular flexibility index (Phi) is 2.90. The lowest BCUT2D eigenvalue weighted by Gasteiger charge is -2.15. The van der Waals surface area contributed by atoms with E-state index in [-0.39, 0.29) is 6.10 Å². The molecule has 2 N–H and O–H groups in total. The van der Waals surface area contributed by atoms with Crippen molar-refractivity contribution < 1.29 is 5.11 Å². The van der Waals surface area contributed by atoms with Crippen molar-refractivity contribution >= 4 is 0 Å². The Bertz CT molecular complexity index is 108. The predicted molar refractivity (Wildman–Crippen MR) is 41.8 cm³/mol. The van der Waals surface area contributed by atoms with E-state index in [0.717, 1.165) is 13.0 Å². The zero-order valence-electron chi connectivity index (χ0n) is 6.21. The lowest BCUT2D eigenvalue weighted by molar-refractivity contribution is 0.139. The first-order chi connectivity index (χ1) is 4.84. The van der Waals surface area contributed by atoms with Crippen LogP contribution in [0.15, 0.2) is 12.7 Å². The van der Waals surface area contributed by atoms with Crippen molar-refractivity contribution in [2.75, 3.05) is 6.54 Å². The smallest absolute Gasteiger partial charge is 0.0727 e. The average molecular weight is 141 g/mol. The lowest BCUT2D eigenvalue weighted by Crippen LogP contribution is -2.34. The monoisotopic (exact) mass is 141 g/mol. The van der Waals surface area contributed by atoms with Gasteiger partial charge in [0, 0.05) is 6.04 Å². The topological polar surface area (TPSA) is 32.3 Å². The Morgan fingerprint density at radius 1 is 1.80 bits per heavy atom. The van der Waals surface area contributed by atoms with E-state index in [9.17, 15) is 5.11 Å². The highest BCUT2D eigenvalue weighted by atomic mass is 16.3. The van der Waals surface area contributed by atoms with Gasteiger partial charge in [0.2, 0.25) is 0 Å². The fourth-order valence-corrected chi connectivity index (χ4v) is 1.37. The second-order valence-corrected chi connectivity index (χ2v) is 2.79. The summed E-state index contributed by atoms with van der Waals surface area (Å²) in [5.74, 6) is 0. The number of hydrogen-bond acceptors (Lipinski definition) is 2. The third-order valence-corrected chi connectivity index (χ3v) is 1.97. The maximum Gasteiger partial charge on any atom is 0.0727 e. The molecule has 10 heavy (non-hydrogen) atoms. The summed E-state index contributed by atoms with van der Waals surface area (Å²) in [5, 5.41) is 12.7. The van der Waals surface area contributed by atoms with E-state index >= 15 is 0 Å². The molecule has 0 aromatic carbocycles.